The molecule has 2 N–H and O–H groups in total. The van der Waals surface area contributed by atoms with Crippen molar-refractivity contribution in [1.82, 2.24) is 9.78 Å². The number of halogens is 4. The van der Waals surface area contributed by atoms with Crippen LogP contribution in [0.1, 0.15) is 6.42 Å². The van der Waals surface area contributed by atoms with Crippen LogP contribution in [-0.2, 0) is 4.74 Å². The SMILES string of the molecule is Cl.N[C@H]1CCOC[C@@H]1COc1cc(F)c(-n2cc(Cl)cn2)c(F)c1. The van der Waals surface area contributed by atoms with Crippen molar-refractivity contribution in [3.05, 3.63) is 41.2 Å². The van der Waals surface area contributed by atoms with E-state index in [0.717, 1.165) is 23.2 Å². The summed E-state index contributed by atoms with van der Waals surface area (Å²) in [7, 11) is 0. The van der Waals surface area contributed by atoms with Gasteiger partial charge in [-0.1, -0.05) is 11.6 Å². The maximum Gasteiger partial charge on any atom is 0.155 e. The van der Waals surface area contributed by atoms with Crippen LogP contribution in [0.2, 0.25) is 5.02 Å². The molecule has 0 radical (unpaired) electrons. The van der Waals surface area contributed by atoms with Crippen molar-refractivity contribution in [2.24, 2.45) is 11.7 Å². The van der Waals surface area contributed by atoms with Gasteiger partial charge in [0.1, 0.15) is 11.4 Å². The van der Waals surface area contributed by atoms with Crippen LogP contribution in [0.5, 0.6) is 5.75 Å². The van der Waals surface area contributed by atoms with E-state index in [0.29, 0.717) is 13.2 Å². The lowest BCUT2D eigenvalue weighted by Gasteiger charge is -2.28. The third-order valence-corrected chi connectivity index (χ3v) is 3.96. The molecule has 0 unspecified atom stereocenters. The van der Waals surface area contributed by atoms with Crippen molar-refractivity contribution >= 4 is 24.0 Å². The second-order valence-electron chi connectivity index (χ2n) is 5.44. The largest absolute Gasteiger partial charge is 0.493 e. The van der Waals surface area contributed by atoms with Gasteiger partial charge >= 0.3 is 0 Å². The van der Waals surface area contributed by atoms with Gasteiger partial charge in [-0.3, -0.25) is 0 Å². The molecule has 1 saturated heterocycles. The summed E-state index contributed by atoms with van der Waals surface area (Å²) in [5.41, 5.74) is 5.67. The molecule has 132 valence electrons. The molecule has 0 spiro atoms. The number of nitrogens with zero attached hydrogens (tertiary/aromatic N) is 2. The predicted octanol–water partition coefficient (Wildman–Crippen LogP) is 2.97. The van der Waals surface area contributed by atoms with Gasteiger partial charge in [0.05, 0.1) is 24.4 Å². The normalized spacial score (nSPS) is 20.5. The van der Waals surface area contributed by atoms with Crippen LogP contribution in [0.3, 0.4) is 0 Å². The van der Waals surface area contributed by atoms with Crippen LogP contribution in [0, 0.1) is 17.6 Å². The molecule has 1 fully saturated rings. The first-order valence-corrected chi connectivity index (χ1v) is 7.58. The molecular weight excluding hydrogens is 363 g/mol. The highest BCUT2D eigenvalue weighted by Gasteiger charge is 2.23. The Morgan fingerprint density at radius 2 is 2.08 bits per heavy atom. The summed E-state index contributed by atoms with van der Waals surface area (Å²) in [6.45, 7) is 1.35. The first kappa shape index (κ1) is 18.9. The van der Waals surface area contributed by atoms with E-state index in [1.54, 1.807) is 0 Å². The lowest BCUT2D eigenvalue weighted by Crippen LogP contribution is -2.41. The fourth-order valence-corrected chi connectivity index (χ4v) is 2.59. The highest BCUT2D eigenvalue weighted by atomic mass is 35.5. The number of rotatable bonds is 4. The molecule has 5 nitrogen and oxygen atoms in total. The van der Waals surface area contributed by atoms with Gasteiger partial charge in [-0.2, -0.15) is 5.10 Å². The fraction of sp³-hybridized carbons (Fsp3) is 0.400. The molecule has 2 aromatic rings. The number of nitrogens with two attached hydrogens (primary N) is 1. The highest BCUT2D eigenvalue weighted by Crippen LogP contribution is 2.25. The van der Waals surface area contributed by atoms with Crippen LogP contribution in [0.25, 0.3) is 5.69 Å². The van der Waals surface area contributed by atoms with Crippen molar-refractivity contribution < 1.29 is 18.3 Å². The van der Waals surface area contributed by atoms with E-state index in [4.69, 9.17) is 26.8 Å². The Bertz CT molecular complexity index is 676. The molecule has 1 aliphatic rings. The molecular formula is C15H17Cl2F2N3O2. The summed E-state index contributed by atoms with van der Waals surface area (Å²) >= 11 is 5.72. The van der Waals surface area contributed by atoms with Crippen LogP contribution >= 0.6 is 24.0 Å². The molecule has 1 aromatic heterocycles. The lowest BCUT2D eigenvalue weighted by molar-refractivity contribution is 0.0225. The number of ether oxygens (including phenoxy) is 2. The van der Waals surface area contributed by atoms with Gasteiger partial charge in [0.2, 0.25) is 0 Å². The van der Waals surface area contributed by atoms with Crippen LogP contribution in [0.15, 0.2) is 24.5 Å². The zero-order valence-corrected chi connectivity index (χ0v) is 14.2. The van der Waals surface area contributed by atoms with Crippen molar-refractivity contribution in [2.45, 2.75) is 12.5 Å². The second-order valence-corrected chi connectivity index (χ2v) is 5.87. The van der Waals surface area contributed by atoms with Crippen molar-refractivity contribution in [3.8, 4) is 11.4 Å². The van der Waals surface area contributed by atoms with E-state index in [1.807, 2.05) is 0 Å². The van der Waals surface area contributed by atoms with Crippen molar-refractivity contribution in [2.75, 3.05) is 19.8 Å². The van der Waals surface area contributed by atoms with Gasteiger partial charge in [-0.05, 0) is 6.42 Å². The highest BCUT2D eigenvalue weighted by molar-refractivity contribution is 6.30. The quantitative estimate of drug-likeness (QED) is 0.886. The van der Waals surface area contributed by atoms with Gasteiger partial charge in [0.25, 0.3) is 0 Å². The number of hydrogen-bond donors (Lipinski definition) is 1. The van der Waals surface area contributed by atoms with Gasteiger partial charge in [-0.15, -0.1) is 12.4 Å². The van der Waals surface area contributed by atoms with E-state index in [9.17, 15) is 8.78 Å². The zero-order valence-electron chi connectivity index (χ0n) is 12.6. The van der Waals surface area contributed by atoms with Crippen LogP contribution in [0.4, 0.5) is 8.78 Å². The summed E-state index contributed by atoms with van der Waals surface area (Å²) in [6.07, 6.45) is 3.37. The molecule has 0 aliphatic carbocycles. The lowest BCUT2D eigenvalue weighted by atomic mass is 9.98. The fourth-order valence-electron chi connectivity index (χ4n) is 2.46. The average Bonchev–Trinajstić information content (AvgIpc) is 2.92. The van der Waals surface area contributed by atoms with Crippen LogP contribution < -0.4 is 10.5 Å². The average molecular weight is 380 g/mol. The van der Waals surface area contributed by atoms with Gasteiger partial charge in [-0.25, -0.2) is 13.5 Å². The Labute approximate surface area is 149 Å². The topological polar surface area (TPSA) is 62.3 Å². The molecule has 0 saturated carbocycles. The zero-order chi connectivity index (χ0) is 16.4. The molecule has 1 aliphatic heterocycles. The summed E-state index contributed by atoms with van der Waals surface area (Å²) in [5, 5.41) is 4.08. The van der Waals surface area contributed by atoms with E-state index in [1.165, 1.54) is 12.4 Å². The van der Waals surface area contributed by atoms with E-state index >= 15 is 0 Å². The first-order chi connectivity index (χ1) is 11.0. The smallest absolute Gasteiger partial charge is 0.155 e. The van der Waals surface area contributed by atoms with Crippen molar-refractivity contribution in [3.63, 3.8) is 0 Å². The second kappa shape index (κ2) is 8.11. The number of hydrogen-bond acceptors (Lipinski definition) is 4. The molecule has 1 aromatic carbocycles. The Morgan fingerprint density at radius 1 is 1.38 bits per heavy atom. The minimum atomic E-state index is -0.788. The molecule has 9 heteroatoms. The maximum atomic E-state index is 14.2. The third kappa shape index (κ3) is 4.16. The van der Waals surface area contributed by atoms with Gasteiger partial charge < -0.3 is 15.2 Å². The predicted molar refractivity (Wildman–Crippen MR) is 88.1 cm³/mol. The maximum absolute atomic E-state index is 14.2. The molecule has 2 atom stereocenters. The Morgan fingerprint density at radius 3 is 2.67 bits per heavy atom. The van der Waals surface area contributed by atoms with Crippen LogP contribution in [-0.4, -0.2) is 35.6 Å². The minimum Gasteiger partial charge on any atom is -0.493 e. The first-order valence-electron chi connectivity index (χ1n) is 7.20. The van der Waals surface area contributed by atoms with Crippen molar-refractivity contribution in [1.29, 1.82) is 0 Å². The minimum absolute atomic E-state index is 0. The standard InChI is InChI=1S/C15H16ClF2N3O2.ClH/c16-10-5-20-21(6-10)15-12(17)3-11(4-13(15)18)23-8-9-7-22-2-1-14(9)19;/h3-6,9,14H,1-2,7-8,19H2;1H/t9-,14+;/m1./s1. The molecule has 0 amide bonds. The molecule has 24 heavy (non-hydrogen) atoms. The monoisotopic (exact) mass is 379 g/mol. The Kier molecular flexibility index (Phi) is 6.40. The molecule has 3 rings (SSSR count). The van der Waals surface area contributed by atoms with E-state index in [2.05, 4.69) is 5.10 Å². The van der Waals surface area contributed by atoms with Gasteiger partial charge in [0.15, 0.2) is 11.6 Å². The van der Waals surface area contributed by atoms with Gasteiger partial charge in [0, 0.05) is 36.9 Å². The molecule has 2 heterocycles. The summed E-state index contributed by atoms with van der Waals surface area (Å²) in [6, 6.07) is 2.19. The molecule has 0 bridgehead atoms. The Balaban J connectivity index is 0.00000208. The summed E-state index contributed by atoms with van der Waals surface area (Å²) < 4.78 is 40.2. The third-order valence-electron chi connectivity index (χ3n) is 3.77. The number of aromatic nitrogens is 2. The summed E-state index contributed by atoms with van der Waals surface area (Å²) in [5.74, 6) is -1.48. The Hall–Kier alpha value is -1.41. The van der Waals surface area contributed by atoms with E-state index < -0.39 is 11.6 Å². The summed E-state index contributed by atoms with van der Waals surface area (Å²) in [4.78, 5) is 0. The van der Waals surface area contributed by atoms with E-state index in [-0.39, 0.29) is 47.4 Å². The number of benzene rings is 1.